The summed E-state index contributed by atoms with van der Waals surface area (Å²) in [5, 5.41) is 32.4. The topological polar surface area (TPSA) is 137 Å². The van der Waals surface area contributed by atoms with Crippen molar-refractivity contribution in [2.45, 2.75) is 45.1 Å². The van der Waals surface area contributed by atoms with Crippen molar-refractivity contribution in [3.05, 3.63) is 160 Å². The van der Waals surface area contributed by atoms with Gasteiger partial charge in [-0.1, -0.05) is 17.9 Å². The number of aromatic nitrogens is 2. The average Bonchev–Trinajstić information content (AvgIpc) is 3.96. The van der Waals surface area contributed by atoms with Gasteiger partial charge in [-0.2, -0.15) is 0 Å². The standard InChI is InChI=1S/C56H51N3O7S/c1-55(2,64)39-12-21-48(46(30-39)47-34-58(3)54(63)51-44(47)22-25-57-51)66-43-16-6-35(7-17-43)4-5-36-32-56(33-36)23-26-59(27-24-56)28-29-65-42-18-10-37(11-19-42)52(62)50-45-20-15-41(61)31-49(45)67-53(50)38-8-13-40(60)14-9-38/h6-22,25,30-31,34,36,57,60-61,64H,23-24,26-29,32-33H2,1-3H3. The van der Waals surface area contributed by atoms with E-state index in [0.717, 1.165) is 99.2 Å². The molecule has 0 atom stereocenters. The number of ketones is 1. The Bertz CT molecular complexity index is 3260. The lowest BCUT2D eigenvalue weighted by Gasteiger charge is -2.51. The lowest BCUT2D eigenvalue weighted by Crippen LogP contribution is -2.47. The number of aromatic hydroxyl groups is 2. The van der Waals surface area contributed by atoms with E-state index >= 15 is 0 Å². The van der Waals surface area contributed by atoms with E-state index in [2.05, 4.69) is 21.7 Å². The maximum Gasteiger partial charge on any atom is 0.274 e. The normalized spacial score (nSPS) is 15.0. The van der Waals surface area contributed by atoms with Gasteiger partial charge in [-0.3, -0.25) is 14.5 Å². The molecular formula is C56H51N3O7S. The number of benzene rings is 5. The number of pyridine rings is 1. The number of aromatic amines is 1. The Morgan fingerprint density at radius 3 is 2.30 bits per heavy atom. The number of piperidine rings is 1. The number of likely N-dealkylation sites (tertiary alicyclic amines) is 1. The zero-order valence-corrected chi connectivity index (χ0v) is 38.5. The van der Waals surface area contributed by atoms with Crippen LogP contribution in [0.4, 0.5) is 0 Å². The second kappa shape index (κ2) is 17.6. The minimum absolute atomic E-state index is 0.111. The fraction of sp³-hybridized carbons (Fsp3) is 0.250. The van der Waals surface area contributed by atoms with Crippen LogP contribution in [0.3, 0.4) is 0 Å². The van der Waals surface area contributed by atoms with Crippen molar-refractivity contribution in [1.29, 1.82) is 0 Å². The van der Waals surface area contributed by atoms with Gasteiger partial charge in [0.1, 0.15) is 40.9 Å². The lowest BCUT2D eigenvalue weighted by molar-refractivity contribution is 0.00471. The Morgan fingerprint density at radius 1 is 0.851 bits per heavy atom. The molecule has 67 heavy (non-hydrogen) atoms. The van der Waals surface area contributed by atoms with Gasteiger partial charge in [0.25, 0.3) is 5.56 Å². The van der Waals surface area contributed by atoms with Gasteiger partial charge in [0.05, 0.1) is 5.60 Å². The van der Waals surface area contributed by atoms with Crippen molar-refractivity contribution in [1.82, 2.24) is 14.5 Å². The number of fused-ring (bicyclic) bond motifs is 2. The minimum atomic E-state index is -1.07. The smallest absolute Gasteiger partial charge is 0.274 e. The summed E-state index contributed by atoms with van der Waals surface area (Å²) in [6.45, 7) is 6.97. The number of phenolic OH excluding ortho intramolecular Hbond substituents is 2. The number of carbonyl (C=O) groups excluding carboxylic acids is 1. The van der Waals surface area contributed by atoms with Gasteiger partial charge in [0.15, 0.2) is 5.78 Å². The van der Waals surface area contributed by atoms with Crippen molar-refractivity contribution < 1.29 is 29.6 Å². The van der Waals surface area contributed by atoms with Gasteiger partial charge in [-0.15, -0.1) is 11.3 Å². The van der Waals surface area contributed by atoms with Crippen LogP contribution >= 0.6 is 11.3 Å². The predicted molar refractivity (Wildman–Crippen MR) is 264 cm³/mol. The van der Waals surface area contributed by atoms with Gasteiger partial charge < -0.3 is 34.3 Å². The molecule has 8 aromatic rings. The van der Waals surface area contributed by atoms with E-state index in [1.54, 1.807) is 74.1 Å². The highest BCUT2D eigenvalue weighted by atomic mass is 32.1. The lowest BCUT2D eigenvalue weighted by atomic mass is 9.58. The van der Waals surface area contributed by atoms with Gasteiger partial charge in [0.2, 0.25) is 0 Å². The number of aliphatic hydroxyl groups is 1. The number of thiophene rings is 1. The molecule has 0 radical (unpaired) electrons. The first-order valence-electron chi connectivity index (χ1n) is 22.7. The average molecular weight is 910 g/mol. The highest BCUT2D eigenvalue weighted by molar-refractivity contribution is 7.22. The number of carbonyl (C=O) groups is 1. The molecule has 11 heteroatoms. The van der Waals surface area contributed by atoms with Crippen LogP contribution in [0.5, 0.6) is 28.7 Å². The first-order chi connectivity index (χ1) is 32.3. The number of hydrogen-bond acceptors (Lipinski definition) is 9. The molecule has 10 rings (SSSR count). The highest BCUT2D eigenvalue weighted by Gasteiger charge is 2.45. The molecule has 2 aliphatic rings. The SMILES string of the molecule is Cn1cc(-c2cc(C(C)(C)O)ccc2Oc2ccc(C#CC3CC4(CCN(CCOc5ccc(C(=O)c6c(-c7ccc(O)cc7)sc7cc(O)ccc67)cc5)CC4)C3)cc2)c2cc[nH]c2c1=O. The van der Waals surface area contributed by atoms with Crippen molar-refractivity contribution in [2.75, 3.05) is 26.2 Å². The molecular weight excluding hydrogens is 859 g/mol. The van der Waals surface area contributed by atoms with E-state index in [-0.39, 0.29) is 22.8 Å². The Labute approximate surface area is 392 Å². The Balaban J connectivity index is 0.709. The van der Waals surface area contributed by atoms with Crippen molar-refractivity contribution in [3.63, 3.8) is 0 Å². The van der Waals surface area contributed by atoms with Crippen molar-refractivity contribution in [2.24, 2.45) is 18.4 Å². The molecule has 5 aromatic carbocycles. The minimum Gasteiger partial charge on any atom is -0.508 e. The number of aryl methyl sites for hydroxylation is 1. The fourth-order valence-corrected chi connectivity index (χ4v) is 10.9. The third kappa shape index (κ3) is 8.96. The fourth-order valence-electron chi connectivity index (χ4n) is 9.63. The summed E-state index contributed by atoms with van der Waals surface area (Å²) in [5.41, 5.74) is 4.92. The number of rotatable bonds is 11. The van der Waals surface area contributed by atoms with Gasteiger partial charge >= 0.3 is 0 Å². The summed E-state index contributed by atoms with van der Waals surface area (Å²) in [6, 6.07) is 34.6. The molecule has 4 N–H and O–H groups in total. The van der Waals surface area contributed by atoms with Crippen LogP contribution in [0.15, 0.2) is 132 Å². The third-order valence-corrected chi connectivity index (χ3v) is 14.7. The summed E-state index contributed by atoms with van der Waals surface area (Å²) in [4.78, 5) is 33.2. The van der Waals surface area contributed by atoms with E-state index in [1.165, 1.54) is 11.3 Å². The monoisotopic (exact) mass is 909 g/mol. The number of nitrogens with one attached hydrogen (secondary N) is 1. The third-order valence-electron chi connectivity index (χ3n) is 13.5. The zero-order valence-electron chi connectivity index (χ0n) is 37.6. The molecule has 10 nitrogen and oxygen atoms in total. The second-order valence-electron chi connectivity index (χ2n) is 18.6. The number of hydrogen-bond donors (Lipinski definition) is 4. The summed E-state index contributed by atoms with van der Waals surface area (Å²) >= 11 is 1.44. The molecule has 4 heterocycles. The summed E-state index contributed by atoms with van der Waals surface area (Å²) < 4.78 is 15.0. The number of nitrogens with zero attached hydrogens (tertiary/aromatic N) is 2. The van der Waals surface area contributed by atoms with Crippen LogP contribution in [0, 0.1) is 23.2 Å². The predicted octanol–water partition coefficient (Wildman–Crippen LogP) is 11.0. The molecule has 0 unspecified atom stereocenters. The van der Waals surface area contributed by atoms with Gasteiger partial charge in [-0.05, 0) is 178 Å². The van der Waals surface area contributed by atoms with Crippen LogP contribution < -0.4 is 15.0 Å². The summed E-state index contributed by atoms with van der Waals surface area (Å²) in [5.74, 6) is 9.51. The first kappa shape index (κ1) is 43.8. The van der Waals surface area contributed by atoms with Crippen LogP contribution in [-0.2, 0) is 12.6 Å². The van der Waals surface area contributed by atoms with E-state index in [1.807, 2.05) is 79.0 Å². The van der Waals surface area contributed by atoms with E-state index < -0.39 is 5.60 Å². The first-order valence-corrected chi connectivity index (χ1v) is 23.5. The van der Waals surface area contributed by atoms with Crippen molar-refractivity contribution >= 4 is 38.1 Å². The molecule has 1 aliphatic heterocycles. The molecule has 2 fully saturated rings. The molecule has 1 saturated carbocycles. The van der Waals surface area contributed by atoms with Gasteiger partial charge in [0, 0.05) is 80.1 Å². The molecule has 1 spiro atoms. The Hall–Kier alpha value is -7.10. The molecule has 0 amide bonds. The van der Waals surface area contributed by atoms with E-state index in [0.29, 0.717) is 46.1 Å². The highest BCUT2D eigenvalue weighted by Crippen LogP contribution is 2.52. The molecule has 0 bridgehead atoms. The maximum absolute atomic E-state index is 14.0. The van der Waals surface area contributed by atoms with Gasteiger partial charge in [-0.25, -0.2) is 0 Å². The molecule has 1 saturated heterocycles. The molecule has 338 valence electrons. The second-order valence-corrected chi connectivity index (χ2v) is 19.6. The van der Waals surface area contributed by atoms with Crippen LogP contribution in [0.25, 0.3) is 42.6 Å². The summed E-state index contributed by atoms with van der Waals surface area (Å²) in [7, 11) is 1.73. The number of phenols is 2. The van der Waals surface area contributed by atoms with Crippen LogP contribution in [0.1, 0.15) is 66.6 Å². The Kier molecular flexibility index (Phi) is 11.5. The van der Waals surface area contributed by atoms with Crippen LogP contribution in [0.2, 0.25) is 0 Å². The van der Waals surface area contributed by atoms with E-state index in [9.17, 15) is 24.9 Å². The quantitative estimate of drug-likeness (QED) is 0.0744. The zero-order chi connectivity index (χ0) is 46.5. The van der Waals surface area contributed by atoms with Crippen LogP contribution in [-0.4, -0.2) is 61.8 Å². The Morgan fingerprint density at radius 2 is 1.57 bits per heavy atom. The number of ether oxygens (including phenoxy) is 2. The van der Waals surface area contributed by atoms with Crippen molar-refractivity contribution in [3.8, 4) is 62.2 Å². The number of H-pyrrole nitrogens is 1. The summed E-state index contributed by atoms with van der Waals surface area (Å²) in [6.07, 6.45) is 8.14. The molecule has 3 aromatic heterocycles. The maximum atomic E-state index is 14.0. The molecule has 1 aliphatic carbocycles. The van der Waals surface area contributed by atoms with E-state index in [4.69, 9.17) is 9.47 Å². The largest absolute Gasteiger partial charge is 0.508 e.